The van der Waals surface area contributed by atoms with Crippen molar-refractivity contribution in [2.75, 3.05) is 18.8 Å². The zero-order chi connectivity index (χ0) is 17.0. The highest BCUT2D eigenvalue weighted by atomic mass is 32.2. The molecule has 1 aliphatic heterocycles. The molecule has 1 aliphatic carbocycles. The quantitative estimate of drug-likeness (QED) is 0.838. The van der Waals surface area contributed by atoms with Gasteiger partial charge in [0.25, 0.3) is 0 Å². The van der Waals surface area contributed by atoms with Crippen molar-refractivity contribution in [2.45, 2.75) is 49.8 Å². The van der Waals surface area contributed by atoms with Gasteiger partial charge < -0.3 is 4.90 Å². The van der Waals surface area contributed by atoms with Crippen LogP contribution in [0.1, 0.15) is 44.9 Å². The monoisotopic (exact) mass is 349 g/mol. The molecule has 0 N–H and O–H groups in total. The second-order valence-corrected chi connectivity index (χ2v) is 9.23. The molecule has 2 aliphatic rings. The molecular formula is C19H27NO3S. The molecule has 0 spiro atoms. The standard InChI is InChI=1S/C19H27NO3S/c21-19(17-7-3-1-4-8-17)20-13-11-16(12-14-20)15-24(22,23)18-9-5-2-6-10-18/h2,5-6,9-10,16-17H,1,3-4,7-8,11-15H2. The smallest absolute Gasteiger partial charge is 0.225 e. The van der Waals surface area contributed by atoms with Gasteiger partial charge in [-0.25, -0.2) is 8.42 Å². The molecule has 24 heavy (non-hydrogen) atoms. The number of carbonyl (C=O) groups is 1. The van der Waals surface area contributed by atoms with Crippen molar-refractivity contribution in [3.8, 4) is 0 Å². The molecule has 0 atom stereocenters. The van der Waals surface area contributed by atoms with Crippen LogP contribution in [0.3, 0.4) is 0 Å². The van der Waals surface area contributed by atoms with Gasteiger partial charge in [-0.3, -0.25) is 4.79 Å². The lowest BCUT2D eigenvalue weighted by Gasteiger charge is -2.35. The maximum absolute atomic E-state index is 12.6. The molecule has 2 fully saturated rings. The molecule has 0 bridgehead atoms. The van der Waals surface area contributed by atoms with Crippen LogP contribution in [0.25, 0.3) is 0 Å². The Morgan fingerprint density at radius 3 is 2.21 bits per heavy atom. The summed E-state index contributed by atoms with van der Waals surface area (Å²) in [6, 6.07) is 8.68. The van der Waals surface area contributed by atoms with E-state index in [1.807, 2.05) is 11.0 Å². The van der Waals surface area contributed by atoms with Crippen LogP contribution in [0.2, 0.25) is 0 Å². The largest absolute Gasteiger partial charge is 0.342 e. The summed E-state index contributed by atoms with van der Waals surface area (Å²) in [5, 5.41) is 0. The summed E-state index contributed by atoms with van der Waals surface area (Å²) in [6.45, 7) is 1.43. The van der Waals surface area contributed by atoms with E-state index in [0.717, 1.165) is 25.7 Å². The second kappa shape index (κ2) is 7.68. The third kappa shape index (κ3) is 4.18. The molecule has 1 aromatic rings. The number of likely N-dealkylation sites (tertiary alicyclic amines) is 1. The van der Waals surface area contributed by atoms with Crippen LogP contribution in [-0.4, -0.2) is 38.1 Å². The van der Waals surface area contributed by atoms with E-state index >= 15 is 0 Å². The number of sulfone groups is 1. The van der Waals surface area contributed by atoms with Crippen LogP contribution in [0, 0.1) is 11.8 Å². The Labute approximate surface area is 145 Å². The molecule has 0 aromatic heterocycles. The third-order valence-electron chi connectivity index (χ3n) is 5.44. The van der Waals surface area contributed by atoms with Crippen LogP contribution in [0.4, 0.5) is 0 Å². The minimum Gasteiger partial charge on any atom is -0.342 e. The fraction of sp³-hybridized carbons (Fsp3) is 0.632. The van der Waals surface area contributed by atoms with Crippen LogP contribution in [0.15, 0.2) is 35.2 Å². The number of carbonyl (C=O) groups excluding carboxylic acids is 1. The van der Waals surface area contributed by atoms with E-state index in [2.05, 4.69) is 0 Å². The highest BCUT2D eigenvalue weighted by molar-refractivity contribution is 7.91. The van der Waals surface area contributed by atoms with Crippen molar-refractivity contribution in [3.05, 3.63) is 30.3 Å². The van der Waals surface area contributed by atoms with Crippen LogP contribution in [0.5, 0.6) is 0 Å². The first-order chi connectivity index (χ1) is 11.6. The molecule has 1 amide bonds. The van der Waals surface area contributed by atoms with E-state index < -0.39 is 9.84 Å². The lowest BCUT2D eigenvalue weighted by Crippen LogP contribution is -2.43. The number of benzene rings is 1. The number of hydrogen-bond acceptors (Lipinski definition) is 3. The Morgan fingerprint density at radius 2 is 1.58 bits per heavy atom. The molecule has 1 saturated heterocycles. The number of nitrogens with zero attached hydrogens (tertiary/aromatic N) is 1. The van der Waals surface area contributed by atoms with Crippen molar-refractivity contribution in [2.24, 2.45) is 11.8 Å². The summed E-state index contributed by atoms with van der Waals surface area (Å²) in [5.41, 5.74) is 0. The Balaban J connectivity index is 1.52. The van der Waals surface area contributed by atoms with E-state index in [0.29, 0.717) is 23.9 Å². The maximum atomic E-state index is 12.6. The Kier molecular flexibility index (Phi) is 5.59. The molecule has 0 unspecified atom stereocenters. The Bertz CT molecular complexity index is 642. The van der Waals surface area contributed by atoms with Gasteiger partial charge in [0.05, 0.1) is 10.6 Å². The van der Waals surface area contributed by atoms with Gasteiger partial charge >= 0.3 is 0 Å². The van der Waals surface area contributed by atoms with Gasteiger partial charge in [-0.1, -0.05) is 37.5 Å². The van der Waals surface area contributed by atoms with Gasteiger partial charge in [0, 0.05) is 19.0 Å². The number of amides is 1. The van der Waals surface area contributed by atoms with E-state index in [9.17, 15) is 13.2 Å². The predicted octanol–water partition coefficient (Wildman–Crippen LogP) is 3.28. The van der Waals surface area contributed by atoms with E-state index in [-0.39, 0.29) is 17.6 Å². The minimum absolute atomic E-state index is 0.158. The van der Waals surface area contributed by atoms with Gasteiger partial charge in [0.1, 0.15) is 0 Å². The summed E-state index contributed by atoms with van der Waals surface area (Å²) >= 11 is 0. The van der Waals surface area contributed by atoms with Crippen molar-refractivity contribution in [3.63, 3.8) is 0 Å². The average molecular weight is 349 g/mol. The summed E-state index contributed by atoms with van der Waals surface area (Å²) in [5.74, 6) is 0.871. The summed E-state index contributed by atoms with van der Waals surface area (Å²) < 4.78 is 25.0. The lowest BCUT2D eigenvalue weighted by atomic mass is 9.87. The van der Waals surface area contributed by atoms with Crippen molar-refractivity contribution < 1.29 is 13.2 Å². The fourth-order valence-electron chi connectivity index (χ4n) is 3.96. The van der Waals surface area contributed by atoms with Crippen molar-refractivity contribution >= 4 is 15.7 Å². The van der Waals surface area contributed by atoms with Gasteiger partial charge in [0.15, 0.2) is 9.84 Å². The second-order valence-electron chi connectivity index (χ2n) is 7.20. The minimum atomic E-state index is -3.22. The highest BCUT2D eigenvalue weighted by Gasteiger charge is 2.31. The van der Waals surface area contributed by atoms with Crippen molar-refractivity contribution in [1.82, 2.24) is 4.90 Å². The Hall–Kier alpha value is -1.36. The zero-order valence-corrected chi connectivity index (χ0v) is 15.0. The molecule has 0 radical (unpaired) electrons. The molecule has 5 heteroatoms. The normalized spacial score (nSPS) is 20.9. The SMILES string of the molecule is O=C(C1CCCCC1)N1CCC(CS(=O)(=O)c2ccccc2)CC1. The number of rotatable bonds is 4. The number of piperidine rings is 1. The zero-order valence-electron chi connectivity index (χ0n) is 14.2. The van der Waals surface area contributed by atoms with Crippen LogP contribution < -0.4 is 0 Å². The van der Waals surface area contributed by atoms with E-state index in [1.54, 1.807) is 24.3 Å². The average Bonchev–Trinajstić information content (AvgIpc) is 2.63. The first-order valence-electron chi connectivity index (χ1n) is 9.13. The van der Waals surface area contributed by atoms with Gasteiger partial charge in [-0.2, -0.15) is 0 Å². The van der Waals surface area contributed by atoms with Crippen LogP contribution in [-0.2, 0) is 14.6 Å². The van der Waals surface area contributed by atoms with E-state index in [1.165, 1.54) is 19.3 Å². The first-order valence-corrected chi connectivity index (χ1v) is 10.8. The Morgan fingerprint density at radius 1 is 0.958 bits per heavy atom. The molecule has 1 saturated carbocycles. The summed E-state index contributed by atoms with van der Waals surface area (Å²) in [4.78, 5) is 15.0. The number of hydrogen-bond donors (Lipinski definition) is 0. The third-order valence-corrected chi connectivity index (χ3v) is 7.34. The first kappa shape index (κ1) is 17.5. The van der Waals surface area contributed by atoms with Gasteiger partial charge in [-0.05, 0) is 43.7 Å². The highest BCUT2D eigenvalue weighted by Crippen LogP contribution is 2.28. The molecular weight excluding hydrogens is 322 g/mol. The van der Waals surface area contributed by atoms with Gasteiger partial charge in [0.2, 0.25) is 5.91 Å². The maximum Gasteiger partial charge on any atom is 0.225 e. The summed E-state index contributed by atoms with van der Waals surface area (Å²) in [6.07, 6.45) is 7.24. The predicted molar refractivity (Wildman–Crippen MR) is 94.4 cm³/mol. The molecule has 3 rings (SSSR count). The molecule has 1 aromatic carbocycles. The van der Waals surface area contributed by atoms with Crippen LogP contribution >= 0.6 is 0 Å². The van der Waals surface area contributed by atoms with E-state index in [4.69, 9.17) is 0 Å². The van der Waals surface area contributed by atoms with Gasteiger partial charge in [-0.15, -0.1) is 0 Å². The topological polar surface area (TPSA) is 54.5 Å². The molecule has 1 heterocycles. The lowest BCUT2D eigenvalue weighted by molar-refractivity contribution is -0.137. The molecule has 4 nitrogen and oxygen atoms in total. The molecule has 132 valence electrons. The fourth-order valence-corrected chi connectivity index (χ4v) is 5.68. The summed E-state index contributed by atoms with van der Waals surface area (Å²) in [7, 11) is -3.22. The van der Waals surface area contributed by atoms with Crippen molar-refractivity contribution in [1.29, 1.82) is 0 Å².